The Labute approximate surface area is 128 Å². The quantitative estimate of drug-likeness (QED) is 0.790. The van der Waals surface area contributed by atoms with Gasteiger partial charge in [-0.25, -0.2) is 13.4 Å². The summed E-state index contributed by atoms with van der Waals surface area (Å²) in [5, 5.41) is 0. The third-order valence-corrected chi connectivity index (χ3v) is 4.46. The number of imidazole rings is 1. The summed E-state index contributed by atoms with van der Waals surface area (Å²) in [6.07, 6.45) is 3.52. The first-order valence-electron chi connectivity index (χ1n) is 6.48. The number of hydrogen-bond acceptors (Lipinski definition) is 4. The van der Waals surface area contributed by atoms with Gasteiger partial charge in [0.1, 0.15) is 12.4 Å². The van der Waals surface area contributed by atoms with Gasteiger partial charge in [-0.3, -0.25) is 0 Å². The summed E-state index contributed by atoms with van der Waals surface area (Å²) in [6.45, 7) is 6.28. The fourth-order valence-corrected chi connectivity index (χ4v) is 2.83. The van der Waals surface area contributed by atoms with Crippen LogP contribution in [0.15, 0.2) is 35.6 Å². The second-order valence-electron chi connectivity index (χ2n) is 5.04. The first-order chi connectivity index (χ1) is 9.79. The zero-order valence-electron chi connectivity index (χ0n) is 12.1. The van der Waals surface area contributed by atoms with Crippen molar-refractivity contribution < 1.29 is 13.2 Å². The van der Waals surface area contributed by atoms with Crippen molar-refractivity contribution >= 4 is 19.7 Å². The minimum absolute atomic E-state index is 0.0706. The molecule has 0 saturated carbocycles. The Morgan fingerprint density at radius 3 is 2.67 bits per heavy atom. The molecule has 0 aliphatic heterocycles. The molecule has 5 nitrogen and oxygen atoms in total. The highest BCUT2D eigenvalue weighted by molar-refractivity contribution is 8.13. The molecule has 2 rings (SSSR count). The zero-order chi connectivity index (χ0) is 15.6. The Morgan fingerprint density at radius 1 is 1.38 bits per heavy atom. The van der Waals surface area contributed by atoms with Crippen molar-refractivity contribution in [2.24, 2.45) is 0 Å². The van der Waals surface area contributed by atoms with Gasteiger partial charge in [-0.2, -0.15) is 0 Å². The van der Waals surface area contributed by atoms with E-state index in [1.54, 1.807) is 25.5 Å². The predicted octanol–water partition coefficient (Wildman–Crippen LogP) is 3.28. The van der Waals surface area contributed by atoms with Crippen LogP contribution in [0.5, 0.6) is 5.75 Å². The SMILES string of the molecule is Cc1cc(S(=O)(=O)Cl)ccc1OCc1cncn1C(C)C. The van der Waals surface area contributed by atoms with E-state index in [9.17, 15) is 8.42 Å². The molecule has 1 heterocycles. The van der Waals surface area contributed by atoms with Gasteiger partial charge in [-0.1, -0.05) is 0 Å². The molecular formula is C14H17ClN2O3S. The Kier molecular flexibility index (Phi) is 4.58. The van der Waals surface area contributed by atoms with Crippen molar-refractivity contribution in [2.75, 3.05) is 0 Å². The lowest BCUT2D eigenvalue weighted by Gasteiger charge is -2.14. The molecule has 0 spiro atoms. The number of hydrogen-bond donors (Lipinski definition) is 0. The molecule has 114 valence electrons. The van der Waals surface area contributed by atoms with E-state index in [1.807, 2.05) is 4.57 Å². The molecule has 0 radical (unpaired) electrons. The highest BCUT2D eigenvalue weighted by Crippen LogP contribution is 2.24. The van der Waals surface area contributed by atoms with Gasteiger partial charge in [0, 0.05) is 16.7 Å². The summed E-state index contributed by atoms with van der Waals surface area (Å²) in [7, 11) is 1.60. The molecule has 1 aromatic heterocycles. The van der Waals surface area contributed by atoms with Crippen molar-refractivity contribution in [3.63, 3.8) is 0 Å². The maximum atomic E-state index is 11.3. The molecule has 0 atom stereocenters. The molecule has 7 heteroatoms. The molecular weight excluding hydrogens is 312 g/mol. The summed E-state index contributed by atoms with van der Waals surface area (Å²) in [6, 6.07) is 4.85. The monoisotopic (exact) mass is 328 g/mol. The predicted molar refractivity (Wildman–Crippen MR) is 81.2 cm³/mol. The number of ether oxygens (including phenoxy) is 1. The number of halogens is 1. The topological polar surface area (TPSA) is 61.2 Å². The first-order valence-corrected chi connectivity index (χ1v) is 8.79. The minimum Gasteiger partial charge on any atom is -0.487 e. The molecule has 0 aliphatic carbocycles. The molecule has 0 bridgehead atoms. The van der Waals surface area contributed by atoms with Crippen LogP contribution in [0.25, 0.3) is 0 Å². The summed E-state index contributed by atoms with van der Waals surface area (Å²) in [4.78, 5) is 4.18. The Hall–Kier alpha value is -1.53. The van der Waals surface area contributed by atoms with Crippen LogP contribution in [0.2, 0.25) is 0 Å². The molecule has 0 N–H and O–H groups in total. The zero-order valence-corrected chi connectivity index (χ0v) is 13.6. The average molecular weight is 329 g/mol. The van der Waals surface area contributed by atoms with Crippen LogP contribution >= 0.6 is 10.7 Å². The van der Waals surface area contributed by atoms with E-state index in [2.05, 4.69) is 18.8 Å². The van der Waals surface area contributed by atoms with E-state index in [4.69, 9.17) is 15.4 Å². The summed E-state index contributed by atoms with van der Waals surface area (Å²) < 4.78 is 30.3. The van der Waals surface area contributed by atoms with Gasteiger partial charge in [0.15, 0.2) is 0 Å². The fourth-order valence-electron chi connectivity index (χ4n) is 2.00. The van der Waals surface area contributed by atoms with Gasteiger partial charge < -0.3 is 9.30 Å². The van der Waals surface area contributed by atoms with E-state index >= 15 is 0 Å². The number of rotatable bonds is 5. The smallest absolute Gasteiger partial charge is 0.261 e. The summed E-state index contributed by atoms with van der Waals surface area (Å²) in [5.74, 6) is 0.621. The largest absolute Gasteiger partial charge is 0.487 e. The highest BCUT2D eigenvalue weighted by Gasteiger charge is 2.12. The number of benzene rings is 1. The Bertz CT molecular complexity index is 738. The molecule has 0 amide bonds. The lowest BCUT2D eigenvalue weighted by Crippen LogP contribution is -2.07. The van der Waals surface area contributed by atoms with Crippen LogP contribution in [0.1, 0.15) is 31.1 Å². The van der Waals surface area contributed by atoms with Gasteiger partial charge >= 0.3 is 0 Å². The van der Waals surface area contributed by atoms with E-state index in [1.165, 1.54) is 12.1 Å². The molecule has 0 saturated heterocycles. The average Bonchev–Trinajstić information content (AvgIpc) is 2.84. The lowest BCUT2D eigenvalue weighted by molar-refractivity contribution is 0.290. The van der Waals surface area contributed by atoms with E-state index < -0.39 is 9.05 Å². The second-order valence-corrected chi connectivity index (χ2v) is 7.61. The van der Waals surface area contributed by atoms with Crippen LogP contribution in [-0.4, -0.2) is 18.0 Å². The molecule has 21 heavy (non-hydrogen) atoms. The van der Waals surface area contributed by atoms with Crippen LogP contribution in [0.3, 0.4) is 0 Å². The number of aromatic nitrogens is 2. The molecule has 0 unspecified atom stereocenters. The maximum absolute atomic E-state index is 11.3. The third kappa shape index (κ3) is 3.77. The summed E-state index contributed by atoms with van der Waals surface area (Å²) in [5.41, 5.74) is 1.67. The van der Waals surface area contributed by atoms with E-state index in [0.29, 0.717) is 24.0 Å². The van der Waals surface area contributed by atoms with E-state index in [-0.39, 0.29) is 4.90 Å². The van der Waals surface area contributed by atoms with Gasteiger partial charge in [-0.15, -0.1) is 0 Å². The van der Waals surface area contributed by atoms with Crippen LogP contribution in [0.4, 0.5) is 0 Å². The number of aryl methyl sites for hydroxylation is 1. The minimum atomic E-state index is -3.72. The lowest BCUT2D eigenvalue weighted by atomic mass is 10.2. The van der Waals surface area contributed by atoms with Crippen molar-refractivity contribution in [2.45, 2.75) is 38.3 Å². The normalized spacial score (nSPS) is 11.9. The summed E-state index contributed by atoms with van der Waals surface area (Å²) >= 11 is 0. The Morgan fingerprint density at radius 2 is 2.10 bits per heavy atom. The van der Waals surface area contributed by atoms with Crippen molar-refractivity contribution in [3.05, 3.63) is 42.0 Å². The fraction of sp³-hybridized carbons (Fsp3) is 0.357. The standard InChI is InChI=1S/C14H17ClN2O3S/c1-10(2)17-9-16-7-12(17)8-20-14-5-4-13(6-11(14)3)21(15,18)19/h4-7,9-10H,8H2,1-3H3. The van der Waals surface area contributed by atoms with Gasteiger partial charge in [0.2, 0.25) is 0 Å². The van der Waals surface area contributed by atoms with Crippen LogP contribution in [0, 0.1) is 6.92 Å². The van der Waals surface area contributed by atoms with Crippen molar-refractivity contribution in [1.29, 1.82) is 0 Å². The second kappa shape index (κ2) is 6.07. The van der Waals surface area contributed by atoms with Crippen molar-refractivity contribution in [1.82, 2.24) is 9.55 Å². The van der Waals surface area contributed by atoms with Gasteiger partial charge in [0.25, 0.3) is 9.05 Å². The van der Waals surface area contributed by atoms with E-state index in [0.717, 1.165) is 5.69 Å². The third-order valence-electron chi connectivity index (χ3n) is 3.11. The first kappa shape index (κ1) is 15.9. The molecule has 1 aromatic carbocycles. The van der Waals surface area contributed by atoms with Crippen molar-refractivity contribution in [3.8, 4) is 5.75 Å². The van der Waals surface area contributed by atoms with Crippen LogP contribution in [-0.2, 0) is 15.7 Å². The number of nitrogens with zero attached hydrogens (tertiary/aromatic N) is 2. The Balaban J connectivity index is 2.16. The molecule has 2 aromatic rings. The van der Waals surface area contributed by atoms with Gasteiger partial charge in [0.05, 0.1) is 23.1 Å². The molecule has 0 fully saturated rings. The maximum Gasteiger partial charge on any atom is 0.261 e. The highest BCUT2D eigenvalue weighted by atomic mass is 35.7. The molecule has 0 aliphatic rings. The van der Waals surface area contributed by atoms with Gasteiger partial charge in [-0.05, 0) is 44.5 Å². The van der Waals surface area contributed by atoms with Crippen LogP contribution < -0.4 is 4.74 Å².